The van der Waals surface area contributed by atoms with Crippen molar-refractivity contribution < 1.29 is 9.72 Å². The van der Waals surface area contributed by atoms with E-state index in [-0.39, 0.29) is 17.0 Å². The van der Waals surface area contributed by atoms with Gasteiger partial charge in [0.2, 0.25) is 5.91 Å². The first kappa shape index (κ1) is 17.8. The first-order valence-electron chi connectivity index (χ1n) is 7.41. The van der Waals surface area contributed by atoms with Gasteiger partial charge in [-0.3, -0.25) is 14.9 Å². The van der Waals surface area contributed by atoms with Crippen molar-refractivity contribution in [2.75, 3.05) is 0 Å². The summed E-state index contributed by atoms with van der Waals surface area (Å²) in [4.78, 5) is 26.8. The van der Waals surface area contributed by atoms with Crippen LogP contribution < -0.4 is 5.32 Å². The van der Waals surface area contributed by atoms with Crippen molar-refractivity contribution in [3.05, 3.63) is 62.1 Å². The van der Waals surface area contributed by atoms with Gasteiger partial charge in [0.25, 0.3) is 5.69 Å². The number of para-hydroxylation sites is 1. The molecule has 1 amide bonds. The molecule has 0 aliphatic carbocycles. The Morgan fingerprint density at radius 1 is 1.38 bits per heavy atom. The van der Waals surface area contributed by atoms with Crippen molar-refractivity contribution in [1.29, 1.82) is 0 Å². The summed E-state index contributed by atoms with van der Waals surface area (Å²) in [5, 5.41) is 16.5. The zero-order chi connectivity index (χ0) is 17.7. The molecule has 0 aliphatic heterocycles. The maximum atomic E-state index is 11.9. The monoisotopic (exact) mass is 345 g/mol. The summed E-state index contributed by atoms with van der Waals surface area (Å²) in [5.74, 6) is -0.319. The van der Waals surface area contributed by atoms with Gasteiger partial charge in [-0.2, -0.15) is 0 Å². The van der Waals surface area contributed by atoms with E-state index in [1.807, 2.05) is 5.38 Å². The molecule has 6 nitrogen and oxygen atoms in total. The highest BCUT2D eigenvalue weighted by Gasteiger charge is 2.17. The third-order valence-corrected chi connectivity index (χ3v) is 4.13. The van der Waals surface area contributed by atoms with Crippen molar-refractivity contribution >= 4 is 29.0 Å². The average Bonchev–Trinajstić information content (AvgIpc) is 3.00. The van der Waals surface area contributed by atoms with Gasteiger partial charge in [0.15, 0.2) is 0 Å². The maximum absolute atomic E-state index is 11.9. The molecule has 126 valence electrons. The van der Waals surface area contributed by atoms with E-state index in [1.165, 1.54) is 29.6 Å². The summed E-state index contributed by atoms with van der Waals surface area (Å²) >= 11 is 1.50. The summed E-state index contributed by atoms with van der Waals surface area (Å²) in [5.41, 5.74) is 1.33. The highest BCUT2D eigenvalue weighted by Crippen LogP contribution is 2.23. The molecule has 0 unspecified atom stereocenters. The first-order chi connectivity index (χ1) is 11.3. The molecule has 0 bridgehead atoms. The van der Waals surface area contributed by atoms with Crippen LogP contribution in [0.1, 0.15) is 37.0 Å². The number of aromatic nitrogens is 1. The van der Waals surface area contributed by atoms with Gasteiger partial charge >= 0.3 is 0 Å². The van der Waals surface area contributed by atoms with Crippen LogP contribution in [0.3, 0.4) is 0 Å². The van der Waals surface area contributed by atoms with Gasteiger partial charge in [0.1, 0.15) is 5.01 Å². The quantitative estimate of drug-likeness (QED) is 0.509. The van der Waals surface area contributed by atoms with Crippen LogP contribution in [0.15, 0.2) is 35.7 Å². The Morgan fingerprint density at radius 3 is 2.71 bits per heavy atom. The van der Waals surface area contributed by atoms with Gasteiger partial charge in [-0.1, -0.05) is 32.9 Å². The Balaban J connectivity index is 1.97. The van der Waals surface area contributed by atoms with E-state index in [1.54, 1.807) is 18.2 Å². The number of carbonyl (C=O) groups excluding carboxylic acids is 1. The molecule has 0 aliphatic rings. The highest BCUT2D eigenvalue weighted by molar-refractivity contribution is 7.09. The maximum Gasteiger partial charge on any atom is 0.276 e. The number of rotatable bonds is 5. The molecule has 0 saturated heterocycles. The number of nitrogens with zero attached hydrogens (tertiary/aromatic N) is 2. The van der Waals surface area contributed by atoms with Crippen LogP contribution in [0.4, 0.5) is 5.69 Å². The van der Waals surface area contributed by atoms with Gasteiger partial charge in [0, 0.05) is 22.9 Å². The molecule has 0 saturated carbocycles. The van der Waals surface area contributed by atoms with Gasteiger partial charge in [-0.05, 0) is 12.1 Å². The average molecular weight is 345 g/mol. The summed E-state index contributed by atoms with van der Waals surface area (Å²) in [6.07, 6.45) is 2.73. The van der Waals surface area contributed by atoms with Crippen LogP contribution in [-0.4, -0.2) is 15.8 Å². The van der Waals surface area contributed by atoms with Crippen LogP contribution in [0, 0.1) is 10.1 Å². The van der Waals surface area contributed by atoms with Gasteiger partial charge in [-0.15, -0.1) is 11.3 Å². The second-order valence-electron chi connectivity index (χ2n) is 6.24. The topological polar surface area (TPSA) is 85.1 Å². The van der Waals surface area contributed by atoms with Crippen molar-refractivity contribution in [3.63, 3.8) is 0 Å². The zero-order valence-electron chi connectivity index (χ0n) is 13.8. The van der Waals surface area contributed by atoms with E-state index < -0.39 is 4.92 Å². The molecule has 1 N–H and O–H groups in total. The van der Waals surface area contributed by atoms with E-state index >= 15 is 0 Å². The summed E-state index contributed by atoms with van der Waals surface area (Å²) in [6, 6.07) is 6.28. The lowest BCUT2D eigenvalue weighted by Crippen LogP contribution is -2.20. The lowest BCUT2D eigenvalue weighted by molar-refractivity contribution is -0.385. The van der Waals surface area contributed by atoms with Crippen molar-refractivity contribution in [2.24, 2.45) is 0 Å². The van der Waals surface area contributed by atoms with Crippen LogP contribution in [0.2, 0.25) is 0 Å². The molecular weight excluding hydrogens is 326 g/mol. The largest absolute Gasteiger partial charge is 0.346 e. The fourth-order valence-electron chi connectivity index (χ4n) is 1.92. The molecule has 2 aromatic rings. The van der Waals surface area contributed by atoms with Crippen molar-refractivity contribution in [2.45, 2.75) is 32.7 Å². The molecule has 1 aromatic carbocycles. The van der Waals surface area contributed by atoms with E-state index in [4.69, 9.17) is 0 Å². The van der Waals surface area contributed by atoms with Gasteiger partial charge in [-0.25, -0.2) is 4.98 Å². The molecule has 0 spiro atoms. The van der Waals surface area contributed by atoms with Crippen molar-refractivity contribution in [1.82, 2.24) is 10.3 Å². The number of nitrogens with one attached hydrogen (secondary N) is 1. The minimum Gasteiger partial charge on any atom is -0.346 e. The fourth-order valence-corrected chi connectivity index (χ4v) is 2.88. The predicted molar refractivity (Wildman–Crippen MR) is 94.8 cm³/mol. The van der Waals surface area contributed by atoms with Crippen LogP contribution >= 0.6 is 11.3 Å². The minimum atomic E-state index is -0.471. The zero-order valence-corrected chi connectivity index (χ0v) is 14.6. The van der Waals surface area contributed by atoms with Crippen LogP contribution in [0.25, 0.3) is 6.08 Å². The lowest BCUT2D eigenvalue weighted by Gasteiger charge is -2.14. The normalized spacial score (nSPS) is 11.6. The molecule has 0 radical (unpaired) electrons. The summed E-state index contributed by atoms with van der Waals surface area (Å²) in [6.45, 7) is 6.58. The predicted octanol–water partition coefficient (Wildman–Crippen LogP) is 3.68. The molecule has 0 fully saturated rings. The number of amides is 1. The van der Waals surface area contributed by atoms with Gasteiger partial charge < -0.3 is 5.32 Å². The van der Waals surface area contributed by atoms with E-state index in [0.29, 0.717) is 12.1 Å². The third kappa shape index (κ3) is 4.73. The fraction of sp³-hybridized carbons (Fsp3) is 0.294. The third-order valence-electron chi connectivity index (χ3n) is 3.28. The van der Waals surface area contributed by atoms with Gasteiger partial charge in [0.05, 0.1) is 22.7 Å². The number of nitro benzene ring substituents is 1. The van der Waals surface area contributed by atoms with Crippen LogP contribution in [-0.2, 0) is 16.8 Å². The van der Waals surface area contributed by atoms with E-state index in [2.05, 4.69) is 31.1 Å². The second-order valence-corrected chi connectivity index (χ2v) is 7.19. The minimum absolute atomic E-state index is 0.0229. The van der Waals surface area contributed by atoms with Crippen molar-refractivity contribution in [3.8, 4) is 0 Å². The number of carbonyl (C=O) groups is 1. The Bertz CT molecular complexity index is 775. The Hall–Kier alpha value is -2.54. The molecule has 0 atom stereocenters. The van der Waals surface area contributed by atoms with E-state index in [0.717, 1.165) is 10.7 Å². The smallest absolute Gasteiger partial charge is 0.276 e. The highest BCUT2D eigenvalue weighted by atomic mass is 32.1. The Labute approximate surface area is 144 Å². The number of benzene rings is 1. The first-order valence-corrected chi connectivity index (χ1v) is 8.29. The molecule has 1 heterocycles. The number of hydrogen-bond acceptors (Lipinski definition) is 5. The number of nitro groups is 1. The molecular formula is C17H19N3O3S. The standard InChI is InChI=1S/C17H19N3O3S/c1-17(2,3)14-11-24-16(19-14)10-18-15(21)9-8-12-6-4-5-7-13(12)20(22)23/h4-9,11H,10H2,1-3H3,(H,18,21)/b9-8+. The van der Waals surface area contributed by atoms with E-state index in [9.17, 15) is 14.9 Å². The molecule has 7 heteroatoms. The SMILES string of the molecule is CC(C)(C)c1csc(CNC(=O)/C=C/c2ccccc2[N+](=O)[O-])n1. The molecule has 1 aromatic heterocycles. The second kappa shape index (κ2) is 7.35. The summed E-state index contributed by atoms with van der Waals surface area (Å²) < 4.78 is 0. The molecule has 2 rings (SSSR count). The Kier molecular flexibility index (Phi) is 5.46. The summed E-state index contributed by atoms with van der Waals surface area (Å²) in [7, 11) is 0. The van der Waals surface area contributed by atoms with Crippen LogP contribution in [0.5, 0.6) is 0 Å². The number of hydrogen-bond donors (Lipinski definition) is 1. The Morgan fingerprint density at radius 2 is 2.08 bits per heavy atom. The molecule has 24 heavy (non-hydrogen) atoms. The number of thiazole rings is 1. The lowest BCUT2D eigenvalue weighted by atomic mass is 9.93.